The Morgan fingerprint density at radius 3 is 1.56 bits per heavy atom. The molecule has 2 rings (SSSR count). The van der Waals surface area contributed by atoms with Crippen molar-refractivity contribution in [3.05, 3.63) is 65.7 Å². The van der Waals surface area contributed by atoms with Crippen molar-refractivity contribution in [2.24, 2.45) is 0 Å². The summed E-state index contributed by atoms with van der Waals surface area (Å²) >= 11 is 3.46. The highest BCUT2D eigenvalue weighted by molar-refractivity contribution is 7.79. The summed E-state index contributed by atoms with van der Waals surface area (Å²) < 4.78 is 20.4. The van der Waals surface area contributed by atoms with Gasteiger partial charge in [-0.1, -0.05) is 48.0 Å². The van der Waals surface area contributed by atoms with Crippen LogP contribution in [-0.4, -0.2) is 8.76 Å². The van der Waals surface area contributed by atoms with Crippen molar-refractivity contribution in [1.82, 2.24) is 0 Å². The standard InChI is InChI=1S/C6H5Cl.C6H6O2S/c7-6-4-2-1-3-5-6;7-9(8)6-4-2-1-3-5-6/h1-5H;1-5H,(H,7,8)/p-1. The van der Waals surface area contributed by atoms with E-state index in [0.29, 0.717) is 4.90 Å². The Labute approximate surface area is 102 Å². The largest absolute Gasteiger partial charge is 0.768 e. The Morgan fingerprint density at radius 1 is 0.875 bits per heavy atom. The molecule has 16 heavy (non-hydrogen) atoms. The van der Waals surface area contributed by atoms with Gasteiger partial charge in [0, 0.05) is 9.92 Å². The number of hydrogen-bond acceptors (Lipinski definition) is 2. The van der Waals surface area contributed by atoms with Gasteiger partial charge in [0.15, 0.2) is 0 Å². The lowest BCUT2D eigenvalue weighted by molar-refractivity contribution is 0.537. The summed E-state index contributed by atoms with van der Waals surface area (Å²) in [7, 11) is 0. The van der Waals surface area contributed by atoms with Crippen molar-refractivity contribution >= 4 is 22.7 Å². The van der Waals surface area contributed by atoms with Crippen LogP contribution in [0.3, 0.4) is 0 Å². The van der Waals surface area contributed by atoms with E-state index in [1.807, 2.05) is 30.3 Å². The molecule has 0 amide bonds. The number of benzene rings is 2. The third-order valence-corrected chi connectivity index (χ3v) is 2.58. The van der Waals surface area contributed by atoms with E-state index < -0.39 is 11.1 Å². The van der Waals surface area contributed by atoms with Gasteiger partial charge in [0.25, 0.3) is 0 Å². The molecule has 4 heteroatoms. The van der Waals surface area contributed by atoms with Gasteiger partial charge in [-0.05, 0) is 35.3 Å². The maximum Gasteiger partial charge on any atom is 0.0405 e. The second-order valence-corrected chi connectivity index (χ2v) is 4.22. The van der Waals surface area contributed by atoms with Crippen LogP contribution in [0.15, 0.2) is 65.6 Å². The van der Waals surface area contributed by atoms with Crippen LogP contribution in [0.25, 0.3) is 0 Å². The highest BCUT2D eigenvalue weighted by Gasteiger charge is 1.84. The minimum absolute atomic E-state index is 0.331. The molecule has 84 valence electrons. The van der Waals surface area contributed by atoms with Crippen LogP contribution in [-0.2, 0) is 11.1 Å². The number of halogens is 1. The predicted molar refractivity (Wildman–Crippen MR) is 65.1 cm³/mol. The molecule has 0 saturated heterocycles. The zero-order valence-electron chi connectivity index (χ0n) is 8.38. The quantitative estimate of drug-likeness (QED) is 0.732. The van der Waals surface area contributed by atoms with E-state index in [2.05, 4.69) is 0 Å². The van der Waals surface area contributed by atoms with Crippen LogP contribution in [0.1, 0.15) is 0 Å². The van der Waals surface area contributed by atoms with Crippen molar-refractivity contribution in [3.63, 3.8) is 0 Å². The topological polar surface area (TPSA) is 40.1 Å². The first-order valence-electron chi connectivity index (χ1n) is 4.55. The molecule has 0 aliphatic carbocycles. The van der Waals surface area contributed by atoms with Gasteiger partial charge in [-0.2, -0.15) is 0 Å². The second-order valence-electron chi connectivity index (χ2n) is 2.84. The highest BCUT2D eigenvalue weighted by Crippen LogP contribution is 2.03. The van der Waals surface area contributed by atoms with E-state index >= 15 is 0 Å². The van der Waals surface area contributed by atoms with Gasteiger partial charge in [0.05, 0.1) is 0 Å². The monoisotopic (exact) mass is 253 g/mol. The summed E-state index contributed by atoms with van der Waals surface area (Å²) in [4.78, 5) is 0.331. The van der Waals surface area contributed by atoms with Crippen LogP contribution in [0, 0.1) is 0 Å². The molecule has 2 nitrogen and oxygen atoms in total. The Hall–Kier alpha value is -1.16. The minimum Gasteiger partial charge on any atom is -0.768 e. The molecule has 0 spiro atoms. The zero-order chi connectivity index (χ0) is 11.8. The van der Waals surface area contributed by atoms with Crippen molar-refractivity contribution in [1.29, 1.82) is 0 Å². The number of rotatable bonds is 1. The molecule has 0 saturated carbocycles. The lowest BCUT2D eigenvalue weighted by Crippen LogP contribution is -1.85. The van der Waals surface area contributed by atoms with Crippen LogP contribution in [0.5, 0.6) is 0 Å². The van der Waals surface area contributed by atoms with E-state index in [9.17, 15) is 8.76 Å². The summed E-state index contributed by atoms with van der Waals surface area (Å²) in [5.41, 5.74) is 0. The zero-order valence-corrected chi connectivity index (χ0v) is 9.95. The van der Waals surface area contributed by atoms with Crippen molar-refractivity contribution in [2.75, 3.05) is 0 Å². The van der Waals surface area contributed by atoms with Crippen molar-refractivity contribution in [3.8, 4) is 0 Å². The fourth-order valence-corrected chi connectivity index (χ4v) is 1.47. The molecular formula is C12H10ClO2S-. The van der Waals surface area contributed by atoms with Gasteiger partial charge >= 0.3 is 0 Å². The Bertz CT molecular complexity index is 431. The van der Waals surface area contributed by atoms with E-state index in [-0.39, 0.29) is 0 Å². The SMILES string of the molecule is Clc1ccccc1.O=S([O-])c1ccccc1. The van der Waals surface area contributed by atoms with Crippen LogP contribution in [0.2, 0.25) is 5.02 Å². The lowest BCUT2D eigenvalue weighted by Gasteiger charge is -2.01. The average molecular weight is 254 g/mol. The summed E-state index contributed by atoms with van der Waals surface area (Å²) in [6.45, 7) is 0. The fourth-order valence-electron chi connectivity index (χ4n) is 0.946. The summed E-state index contributed by atoms with van der Waals surface area (Å²) in [6, 6.07) is 17.7. The minimum atomic E-state index is -2.08. The van der Waals surface area contributed by atoms with E-state index in [4.69, 9.17) is 11.6 Å². The summed E-state index contributed by atoms with van der Waals surface area (Å²) in [5, 5.41) is 0.794. The first kappa shape index (κ1) is 12.9. The third-order valence-electron chi connectivity index (χ3n) is 1.67. The van der Waals surface area contributed by atoms with Gasteiger partial charge in [-0.25, -0.2) is 0 Å². The maximum atomic E-state index is 10.2. The second kappa shape index (κ2) is 7.17. The lowest BCUT2D eigenvalue weighted by atomic mass is 10.4. The average Bonchev–Trinajstić information content (AvgIpc) is 2.32. The van der Waals surface area contributed by atoms with Crippen molar-refractivity contribution < 1.29 is 8.76 Å². The van der Waals surface area contributed by atoms with Gasteiger partial charge in [0.2, 0.25) is 0 Å². The molecule has 2 aromatic carbocycles. The van der Waals surface area contributed by atoms with E-state index in [1.54, 1.807) is 30.3 Å². The molecule has 0 aliphatic heterocycles. The van der Waals surface area contributed by atoms with Gasteiger partial charge in [0.1, 0.15) is 0 Å². The van der Waals surface area contributed by atoms with E-state index in [0.717, 1.165) is 5.02 Å². The van der Waals surface area contributed by atoms with Crippen molar-refractivity contribution in [2.45, 2.75) is 4.90 Å². The molecule has 0 N–H and O–H groups in total. The first-order valence-corrected chi connectivity index (χ1v) is 6.00. The van der Waals surface area contributed by atoms with Crippen LogP contribution >= 0.6 is 11.6 Å². The molecule has 2 aromatic rings. The maximum absolute atomic E-state index is 10.2. The van der Waals surface area contributed by atoms with Gasteiger partial charge < -0.3 is 4.55 Å². The Balaban J connectivity index is 0.000000165. The molecular weight excluding hydrogens is 244 g/mol. The number of hydrogen-bond donors (Lipinski definition) is 0. The normalized spacial score (nSPS) is 11.1. The smallest absolute Gasteiger partial charge is 0.0405 e. The van der Waals surface area contributed by atoms with Gasteiger partial charge in [-0.15, -0.1) is 0 Å². The van der Waals surface area contributed by atoms with E-state index in [1.165, 1.54) is 0 Å². The fraction of sp³-hybridized carbons (Fsp3) is 0. The molecule has 0 aliphatic rings. The van der Waals surface area contributed by atoms with Gasteiger partial charge in [-0.3, -0.25) is 4.21 Å². The van der Waals surface area contributed by atoms with Crippen LogP contribution < -0.4 is 0 Å². The summed E-state index contributed by atoms with van der Waals surface area (Å²) in [5.74, 6) is 0. The first-order chi connectivity index (χ1) is 7.70. The third kappa shape index (κ3) is 5.07. The Kier molecular flexibility index (Phi) is 5.78. The predicted octanol–water partition coefficient (Wildman–Crippen LogP) is 3.26. The molecule has 0 fully saturated rings. The molecule has 0 heterocycles. The highest BCUT2D eigenvalue weighted by atomic mass is 35.5. The van der Waals surface area contributed by atoms with Crippen LogP contribution in [0.4, 0.5) is 0 Å². The Morgan fingerprint density at radius 2 is 1.31 bits per heavy atom. The molecule has 0 bridgehead atoms. The molecule has 1 unspecified atom stereocenters. The molecule has 0 radical (unpaired) electrons. The molecule has 1 atom stereocenters. The summed E-state index contributed by atoms with van der Waals surface area (Å²) in [6.07, 6.45) is 0. The molecule has 0 aromatic heterocycles.